The fraction of sp³-hybridized carbons (Fsp3) is 0.571. The van der Waals surface area contributed by atoms with Gasteiger partial charge in [-0.05, 0) is 36.2 Å². The van der Waals surface area contributed by atoms with Crippen LogP contribution in [-0.4, -0.2) is 14.9 Å². The van der Waals surface area contributed by atoms with E-state index >= 15 is 0 Å². The summed E-state index contributed by atoms with van der Waals surface area (Å²) in [6.45, 7) is 12.3. The van der Waals surface area contributed by atoms with Crippen LogP contribution in [0.4, 0.5) is 0 Å². The molecular formula is C14H23OSi. The van der Waals surface area contributed by atoms with Crippen molar-refractivity contribution < 1.29 is 4.43 Å². The standard InChI is InChI=1S/C14H23OSi/c1-14(2,3)16(4,5)15-12-11-13-9-7-6-8-10-13/h7-10H,11-12H2,1-5H3. The lowest BCUT2D eigenvalue weighted by molar-refractivity contribution is 0.292. The molecule has 2 heteroatoms. The van der Waals surface area contributed by atoms with Gasteiger partial charge in [0.1, 0.15) is 0 Å². The first-order valence-electron chi connectivity index (χ1n) is 5.92. The van der Waals surface area contributed by atoms with Gasteiger partial charge in [0.05, 0.1) is 0 Å². The zero-order chi connectivity index (χ0) is 12.2. The van der Waals surface area contributed by atoms with E-state index in [1.807, 2.05) is 12.1 Å². The highest BCUT2D eigenvalue weighted by Gasteiger charge is 2.36. The third kappa shape index (κ3) is 3.76. The van der Waals surface area contributed by atoms with Gasteiger partial charge < -0.3 is 4.43 Å². The van der Waals surface area contributed by atoms with Crippen LogP contribution < -0.4 is 0 Å². The van der Waals surface area contributed by atoms with Crippen molar-refractivity contribution in [1.82, 2.24) is 0 Å². The van der Waals surface area contributed by atoms with Crippen LogP contribution in [0.5, 0.6) is 0 Å². The molecule has 0 bridgehead atoms. The first kappa shape index (κ1) is 13.5. The molecule has 0 aromatic heterocycles. The molecule has 0 spiro atoms. The van der Waals surface area contributed by atoms with Crippen LogP contribution in [-0.2, 0) is 10.8 Å². The van der Waals surface area contributed by atoms with Crippen molar-refractivity contribution in [3.8, 4) is 0 Å². The molecule has 1 aromatic carbocycles. The lowest BCUT2D eigenvalue weighted by atomic mass is 10.2. The first-order chi connectivity index (χ1) is 7.33. The van der Waals surface area contributed by atoms with Crippen molar-refractivity contribution in [3.05, 3.63) is 35.9 Å². The highest BCUT2D eigenvalue weighted by Crippen LogP contribution is 2.36. The first-order valence-corrected chi connectivity index (χ1v) is 8.83. The molecule has 0 aliphatic carbocycles. The molecule has 0 saturated heterocycles. The molecule has 1 radical (unpaired) electrons. The van der Waals surface area contributed by atoms with Crippen molar-refractivity contribution in [2.45, 2.75) is 45.3 Å². The molecule has 0 atom stereocenters. The van der Waals surface area contributed by atoms with Crippen molar-refractivity contribution in [3.63, 3.8) is 0 Å². The molecule has 1 aromatic rings. The average molecular weight is 235 g/mol. The van der Waals surface area contributed by atoms with Crippen molar-refractivity contribution in [1.29, 1.82) is 0 Å². The third-order valence-electron chi connectivity index (χ3n) is 3.45. The number of hydrogen-bond donors (Lipinski definition) is 0. The molecule has 0 N–H and O–H groups in total. The van der Waals surface area contributed by atoms with Crippen LogP contribution in [0.15, 0.2) is 24.3 Å². The van der Waals surface area contributed by atoms with Crippen LogP contribution in [0.1, 0.15) is 26.3 Å². The van der Waals surface area contributed by atoms with Crippen LogP contribution >= 0.6 is 0 Å². The molecule has 89 valence electrons. The second kappa shape index (κ2) is 5.15. The van der Waals surface area contributed by atoms with E-state index in [1.54, 1.807) is 0 Å². The Morgan fingerprint density at radius 1 is 1.19 bits per heavy atom. The molecule has 0 amide bonds. The summed E-state index contributed by atoms with van der Waals surface area (Å²) in [6, 6.07) is 11.2. The lowest BCUT2D eigenvalue weighted by Gasteiger charge is -2.36. The lowest BCUT2D eigenvalue weighted by Crippen LogP contribution is -2.41. The van der Waals surface area contributed by atoms with Gasteiger partial charge in [0, 0.05) is 6.61 Å². The molecule has 0 aliphatic heterocycles. The van der Waals surface area contributed by atoms with Gasteiger partial charge in [-0.15, -0.1) is 0 Å². The fourth-order valence-corrected chi connectivity index (χ4v) is 2.27. The van der Waals surface area contributed by atoms with Crippen LogP contribution in [0, 0.1) is 6.07 Å². The molecule has 0 fully saturated rings. The molecular weight excluding hydrogens is 212 g/mol. The monoisotopic (exact) mass is 235 g/mol. The summed E-state index contributed by atoms with van der Waals surface area (Å²) in [5.41, 5.74) is 1.33. The van der Waals surface area contributed by atoms with Crippen LogP contribution in [0.3, 0.4) is 0 Å². The molecule has 0 unspecified atom stereocenters. The largest absolute Gasteiger partial charge is 0.416 e. The quantitative estimate of drug-likeness (QED) is 0.715. The maximum Gasteiger partial charge on any atom is 0.191 e. The van der Waals surface area contributed by atoms with E-state index in [2.05, 4.69) is 52.1 Å². The summed E-state index contributed by atoms with van der Waals surface area (Å²) in [6.07, 6.45) is 1.00. The number of hydrogen-bond acceptors (Lipinski definition) is 1. The summed E-state index contributed by atoms with van der Waals surface area (Å²) >= 11 is 0. The minimum Gasteiger partial charge on any atom is -0.416 e. The molecule has 16 heavy (non-hydrogen) atoms. The Labute approximate surface area is 101 Å². The molecule has 0 heterocycles. The van der Waals surface area contributed by atoms with Gasteiger partial charge in [0.25, 0.3) is 0 Å². The minimum absolute atomic E-state index is 0.303. The number of benzene rings is 1. The van der Waals surface area contributed by atoms with E-state index in [9.17, 15) is 0 Å². The van der Waals surface area contributed by atoms with E-state index in [4.69, 9.17) is 4.43 Å². The summed E-state index contributed by atoms with van der Waals surface area (Å²) in [7, 11) is -1.57. The Bertz CT molecular complexity index is 311. The Balaban J connectivity index is 2.42. The molecule has 0 saturated carbocycles. The second-order valence-electron chi connectivity index (χ2n) is 5.77. The SMILES string of the molecule is CC(C)(C)[Si](C)(C)OCCc1cc[c]cc1. The normalized spacial score (nSPS) is 12.8. The maximum atomic E-state index is 6.13. The van der Waals surface area contributed by atoms with Crippen LogP contribution in [0.2, 0.25) is 18.1 Å². The van der Waals surface area contributed by atoms with E-state index in [0.29, 0.717) is 5.04 Å². The fourth-order valence-electron chi connectivity index (χ4n) is 1.23. The van der Waals surface area contributed by atoms with Gasteiger partial charge in [0.15, 0.2) is 8.32 Å². The predicted molar refractivity (Wildman–Crippen MR) is 72.1 cm³/mol. The second-order valence-corrected chi connectivity index (χ2v) is 10.6. The van der Waals surface area contributed by atoms with E-state index < -0.39 is 8.32 Å². The van der Waals surface area contributed by atoms with Gasteiger partial charge in [-0.1, -0.05) is 45.0 Å². The summed E-state index contributed by atoms with van der Waals surface area (Å²) < 4.78 is 6.13. The molecule has 0 aliphatic rings. The van der Waals surface area contributed by atoms with Gasteiger partial charge in [-0.25, -0.2) is 0 Å². The van der Waals surface area contributed by atoms with Gasteiger partial charge in [0.2, 0.25) is 0 Å². The van der Waals surface area contributed by atoms with Gasteiger partial charge in [-0.2, -0.15) is 0 Å². The Morgan fingerprint density at radius 2 is 1.75 bits per heavy atom. The molecule has 1 rings (SSSR count). The molecule has 1 nitrogen and oxygen atoms in total. The minimum atomic E-state index is -1.57. The van der Waals surface area contributed by atoms with E-state index in [0.717, 1.165) is 13.0 Å². The maximum absolute atomic E-state index is 6.13. The van der Waals surface area contributed by atoms with Crippen molar-refractivity contribution >= 4 is 8.32 Å². The Morgan fingerprint density at radius 3 is 2.25 bits per heavy atom. The highest BCUT2D eigenvalue weighted by atomic mass is 28.4. The van der Waals surface area contributed by atoms with E-state index in [1.165, 1.54) is 5.56 Å². The highest BCUT2D eigenvalue weighted by molar-refractivity contribution is 6.74. The summed E-state index contributed by atoms with van der Waals surface area (Å²) in [4.78, 5) is 0. The summed E-state index contributed by atoms with van der Waals surface area (Å²) in [5.74, 6) is 0. The smallest absolute Gasteiger partial charge is 0.191 e. The average Bonchev–Trinajstić information content (AvgIpc) is 2.17. The topological polar surface area (TPSA) is 9.23 Å². The van der Waals surface area contributed by atoms with Crippen molar-refractivity contribution in [2.24, 2.45) is 0 Å². The zero-order valence-electron chi connectivity index (χ0n) is 11.1. The Hall–Kier alpha value is -0.603. The zero-order valence-corrected chi connectivity index (χ0v) is 12.1. The van der Waals surface area contributed by atoms with Crippen molar-refractivity contribution in [2.75, 3.05) is 6.61 Å². The van der Waals surface area contributed by atoms with Gasteiger partial charge >= 0.3 is 0 Å². The Kier molecular flexibility index (Phi) is 4.33. The summed E-state index contributed by atoms with van der Waals surface area (Å²) in [5, 5.41) is 0.303. The van der Waals surface area contributed by atoms with Gasteiger partial charge in [-0.3, -0.25) is 0 Å². The van der Waals surface area contributed by atoms with Crippen LogP contribution in [0.25, 0.3) is 0 Å². The third-order valence-corrected chi connectivity index (χ3v) is 7.99. The number of rotatable bonds is 4. The predicted octanol–water partition coefficient (Wildman–Crippen LogP) is 4.05. The van der Waals surface area contributed by atoms with E-state index in [-0.39, 0.29) is 0 Å².